The van der Waals surface area contributed by atoms with Gasteiger partial charge in [0.2, 0.25) is 17.5 Å². The first kappa shape index (κ1) is 17.4. The lowest BCUT2D eigenvalue weighted by Gasteiger charge is -2.32. The number of amides is 1. The molecule has 0 bridgehead atoms. The molecule has 25 heavy (non-hydrogen) atoms. The number of aryl methyl sites for hydroxylation is 1. The van der Waals surface area contributed by atoms with E-state index in [4.69, 9.17) is 9.68 Å². The lowest BCUT2D eigenvalue weighted by atomic mass is 9.95. The third kappa shape index (κ3) is 3.99. The van der Waals surface area contributed by atoms with Crippen molar-refractivity contribution < 1.29 is 9.21 Å². The molecule has 0 radical (unpaired) electrons. The molecule has 0 N–H and O–H groups in total. The Kier molecular flexibility index (Phi) is 5.34. The first-order valence-electron chi connectivity index (χ1n) is 8.34. The molecule has 0 unspecified atom stereocenters. The van der Waals surface area contributed by atoms with Gasteiger partial charge in [0.15, 0.2) is 5.89 Å². The van der Waals surface area contributed by atoms with Gasteiger partial charge in [-0.05, 0) is 12.8 Å². The Morgan fingerprint density at radius 2 is 2.28 bits per heavy atom. The summed E-state index contributed by atoms with van der Waals surface area (Å²) in [4.78, 5) is 24.8. The zero-order valence-electron chi connectivity index (χ0n) is 14.4. The van der Waals surface area contributed by atoms with E-state index in [0.717, 1.165) is 24.3 Å². The highest BCUT2D eigenvalue weighted by Gasteiger charge is 2.29. The van der Waals surface area contributed by atoms with Crippen LogP contribution in [0.3, 0.4) is 0 Å². The van der Waals surface area contributed by atoms with Crippen LogP contribution in [0.2, 0.25) is 0 Å². The molecule has 132 valence electrons. The molecule has 8 heteroatoms. The van der Waals surface area contributed by atoms with E-state index in [0.29, 0.717) is 37.1 Å². The molecule has 0 spiro atoms. The molecular weight excluding hydrogens is 338 g/mol. The zero-order chi connectivity index (χ0) is 17.8. The second-order valence-electron chi connectivity index (χ2n) is 6.20. The summed E-state index contributed by atoms with van der Waals surface area (Å²) in [6.07, 6.45) is 4.09. The Labute approximate surface area is 150 Å². The summed E-state index contributed by atoms with van der Waals surface area (Å²) in [6.45, 7) is 3.81. The largest absolute Gasteiger partial charge is 0.424 e. The maximum absolute atomic E-state index is 12.6. The Hall–Kier alpha value is -2.40. The number of hydrogen-bond acceptors (Lipinski definition) is 7. The number of carbonyl (C=O) groups excluding carboxylic acids is 1. The number of piperidine rings is 1. The van der Waals surface area contributed by atoms with Crippen molar-refractivity contribution in [3.05, 3.63) is 28.2 Å². The van der Waals surface area contributed by atoms with Crippen LogP contribution in [0.25, 0.3) is 0 Å². The van der Waals surface area contributed by atoms with Gasteiger partial charge in [0.05, 0.1) is 5.01 Å². The SMILES string of the molecule is Cc1nc(C#N)c(N2CCC(C(=O)N(C)CCc3nccs3)CC2)o1. The molecule has 1 aliphatic heterocycles. The third-order valence-electron chi connectivity index (χ3n) is 4.47. The summed E-state index contributed by atoms with van der Waals surface area (Å²) in [5.41, 5.74) is 0.322. The van der Waals surface area contributed by atoms with E-state index in [9.17, 15) is 4.79 Å². The molecule has 2 aromatic rings. The van der Waals surface area contributed by atoms with Gasteiger partial charge in [0, 0.05) is 57.5 Å². The van der Waals surface area contributed by atoms with Crippen LogP contribution >= 0.6 is 11.3 Å². The van der Waals surface area contributed by atoms with E-state index in [1.807, 2.05) is 17.3 Å². The highest BCUT2D eigenvalue weighted by atomic mass is 32.1. The number of anilines is 1. The summed E-state index contributed by atoms with van der Waals surface area (Å²) >= 11 is 1.62. The highest BCUT2D eigenvalue weighted by Crippen LogP contribution is 2.27. The molecule has 1 amide bonds. The Morgan fingerprint density at radius 3 is 2.92 bits per heavy atom. The fourth-order valence-electron chi connectivity index (χ4n) is 3.09. The number of rotatable bonds is 5. The van der Waals surface area contributed by atoms with Crippen molar-refractivity contribution in [1.29, 1.82) is 5.26 Å². The van der Waals surface area contributed by atoms with Crippen molar-refractivity contribution in [3.8, 4) is 6.07 Å². The van der Waals surface area contributed by atoms with E-state index in [1.54, 1.807) is 29.4 Å². The van der Waals surface area contributed by atoms with Crippen molar-refractivity contribution >= 4 is 23.1 Å². The third-order valence-corrected chi connectivity index (χ3v) is 5.31. The van der Waals surface area contributed by atoms with E-state index < -0.39 is 0 Å². The van der Waals surface area contributed by atoms with Crippen LogP contribution in [-0.4, -0.2) is 47.5 Å². The first-order valence-corrected chi connectivity index (χ1v) is 9.22. The van der Waals surface area contributed by atoms with Crippen LogP contribution in [0, 0.1) is 24.2 Å². The average molecular weight is 359 g/mol. The topological polar surface area (TPSA) is 86.3 Å². The average Bonchev–Trinajstić information content (AvgIpc) is 3.28. The summed E-state index contributed by atoms with van der Waals surface area (Å²) < 4.78 is 5.56. The molecule has 0 saturated carbocycles. The highest BCUT2D eigenvalue weighted by molar-refractivity contribution is 7.09. The minimum atomic E-state index is 0.0205. The number of hydrogen-bond donors (Lipinski definition) is 0. The Morgan fingerprint density at radius 1 is 1.52 bits per heavy atom. The van der Waals surface area contributed by atoms with Gasteiger partial charge in [0.1, 0.15) is 6.07 Å². The van der Waals surface area contributed by atoms with Gasteiger partial charge >= 0.3 is 0 Å². The fourth-order valence-corrected chi connectivity index (χ4v) is 3.70. The van der Waals surface area contributed by atoms with Crippen LogP contribution in [0.15, 0.2) is 16.0 Å². The number of aromatic nitrogens is 2. The minimum absolute atomic E-state index is 0.0205. The normalized spacial score (nSPS) is 15.2. The van der Waals surface area contributed by atoms with Crippen molar-refractivity contribution in [1.82, 2.24) is 14.9 Å². The van der Waals surface area contributed by atoms with Crippen LogP contribution in [-0.2, 0) is 11.2 Å². The molecule has 3 rings (SSSR count). The number of nitriles is 1. The van der Waals surface area contributed by atoms with Gasteiger partial charge in [-0.1, -0.05) is 0 Å². The molecular formula is C17H21N5O2S. The molecule has 1 fully saturated rings. The van der Waals surface area contributed by atoms with Gasteiger partial charge in [-0.15, -0.1) is 11.3 Å². The fraction of sp³-hybridized carbons (Fsp3) is 0.529. The minimum Gasteiger partial charge on any atom is -0.424 e. The standard InChI is InChI=1S/C17H21N5O2S/c1-12-20-14(11-18)17(24-12)22-8-3-13(4-9-22)16(23)21(2)7-5-15-19-6-10-25-15/h6,10,13H,3-5,7-9H2,1-2H3. The van der Waals surface area contributed by atoms with Crippen molar-refractivity contribution in [3.63, 3.8) is 0 Å². The van der Waals surface area contributed by atoms with Crippen LogP contribution in [0.4, 0.5) is 5.88 Å². The number of thiazole rings is 1. The van der Waals surface area contributed by atoms with Crippen molar-refractivity contribution in [2.75, 3.05) is 31.6 Å². The van der Waals surface area contributed by atoms with Crippen LogP contribution in [0.5, 0.6) is 0 Å². The van der Waals surface area contributed by atoms with Gasteiger partial charge in [-0.2, -0.15) is 5.26 Å². The Bertz CT molecular complexity index is 757. The number of carbonyl (C=O) groups is 1. The summed E-state index contributed by atoms with van der Waals surface area (Å²) in [7, 11) is 1.86. The summed E-state index contributed by atoms with van der Waals surface area (Å²) in [6, 6.07) is 2.07. The molecule has 0 aliphatic carbocycles. The molecule has 1 aliphatic rings. The zero-order valence-corrected chi connectivity index (χ0v) is 15.3. The molecule has 7 nitrogen and oxygen atoms in total. The van der Waals surface area contributed by atoms with E-state index in [2.05, 4.69) is 16.0 Å². The van der Waals surface area contributed by atoms with E-state index in [1.165, 1.54) is 0 Å². The monoisotopic (exact) mass is 359 g/mol. The predicted octanol–water partition coefficient (Wildman–Crippen LogP) is 2.23. The lowest BCUT2D eigenvalue weighted by molar-refractivity contribution is -0.134. The van der Waals surface area contributed by atoms with Gasteiger partial charge in [-0.3, -0.25) is 4.79 Å². The van der Waals surface area contributed by atoms with Crippen molar-refractivity contribution in [2.45, 2.75) is 26.2 Å². The molecule has 0 aromatic carbocycles. The molecule has 3 heterocycles. The number of likely N-dealkylation sites (N-methyl/N-ethyl adjacent to an activating group) is 1. The number of nitrogens with zero attached hydrogens (tertiary/aromatic N) is 5. The quantitative estimate of drug-likeness (QED) is 0.814. The smallest absolute Gasteiger partial charge is 0.234 e. The maximum atomic E-state index is 12.6. The Balaban J connectivity index is 1.52. The van der Waals surface area contributed by atoms with Crippen molar-refractivity contribution in [2.24, 2.45) is 5.92 Å². The van der Waals surface area contributed by atoms with Crippen LogP contribution in [0.1, 0.15) is 29.4 Å². The maximum Gasteiger partial charge on any atom is 0.234 e. The first-order chi connectivity index (χ1) is 12.1. The molecule has 2 aromatic heterocycles. The lowest BCUT2D eigenvalue weighted by Crippen LogP contribution is -2.42. The van der Waals surface area contributed by atoms with Gasteiger partial charge in [0.25, 0.3) is 0 Å². The molecule has 1 saturated heterocycles. The van der Waals surface area contributed by atoms with E-state index in [-0.39, 0.29) is 11.8 Å². The van der Waals surface area contributed by atoms with E-state index >= 15 is 0 Å². The summed E-state index contributed by atoms with van der Waals surface area (Å²) in [5.74, 6) is 1.23. The molecule has 0 atom stereocenters. The predicted molar refractivity (Wildman–Crippen MR) is 94.3 cm³/mol. The van der Waals surface area contributed by atoms with Crippen LogP contribution < -0.4 is 4.90 Å². The van der Waals surface area contributed by atoms with Gasteiger partial charge in [-0.25, -0.2) is 9.97 Å². The van der Waals surface area contributed by atoms with Gasteiger partial charge < -0.3 is 14.2 Å². The summed E-state index contributed by atoms with van der Waals surface area (Å²) in [5, 5.41) is 12.2. The second-order valence-corrected chi connectivity index (χ2v) is 7.17. The second kappa shape index (κ2) is 7.66. The number of oxazole rings is 1.